The topological polar surface area (TPSA) is 47.0 Å². The zero-order valence-electron chi connectivity index (χ0n) is 14.3. The molecule has 1 saturated heterocycles. The van der Waals surface area contributed by atoms with Crippen molar-refractivity contribution in [3.05, 3.63) is 35.9 Å². The number of benzene rings is 1. The molecule has 128 valence electrons. The van der Waals surface area contributed by atoms with E-state index in [9.17, 15) is 4.79 Å². The van der Waals surface area contributed by atoms with Crippen molar-refractivity contribution < 1.29 is 9.90 Å². The summed E-state index contributed by atoms with van der Waals surface area (Å²) < 4.78 is 0. The third kappa shape index (κ3) is 5.03. The van der Waals surface area contributed by atoms with Crippen LogP contribution in [0.1, 0.15) is 19.4 Å². The van der Waals surface area contributed by atoms with Gasteiger partial charge >= 0.3 is 0 Å². The zero-order valence-corrected chi connectivity index (χ0v) is 14.3. The number of likely N-dealkylation sites (N-methyl/N-ethyl adjacent to an activating group) is 1. The molecule has 1 aromatic rings. The van der Waals surface area contributed by atoms with Crippen LogP contribution < -0.4 is 0 Å². The number of aliphatic hydroxyl groups excluding tert-OH is 1. The van der Waals surface area contributed by atoms with Gasteiger partial charge in [-0.1, -0.05) is 30.3 Å². The Hall–Kier alpha value is -1.43. The lowest BCUT2D eigenvalue weighted by molar-refractivity contribution is -0.137. The van der Waals surface area contributed by atoms with Crippen molar-refractivity contribution >= 4 is 5.91 Å². The Bertz CT molecular complexity index is 472. The molecule has 1 unspecified atom stereocenters. The number of carbonyl (C=O) groups is 1. The van der Waals surface area contributed by atoms with Crippen molar-refractivity contribution in [2.24, 2.45) is 0 Å². The first-order valence-electron chi connectivity index (χ1n) is 8.55. The van der Waals surface area contributed by atoms with Gasteiger partial charge in [0.05, 0.1) is 12.6 Å². The fraction of sp³-hybridized carbons (Fsp3) is 0.611. The fourth-order valence-electron chi connectivity index (χ4n) is 3.09. The SMILES string of the molecule is CCN(Cc1ccccc1)C(=O)C(C)N1CCN(CCO)CC1. The second-order valence-electron chi connectivity index (χ2n) is 6.12. The highest BCUT2D eigenvalue weighted by molar-refractivity contribution is 5.81. The summed E-state index contributed by atoms with van der Waals surface area (Å²) in [5.74, 6) is 0.201. The molecule has 0 radical (unpaired) electrons. The third-order valence-electron chi connectivity index (χ3n) is 4.64. The number of nitrogens with zero attached hydrogens (tertiary/aromatic N) is 3. The molecule has 1 atom stereocenters. The summed E-state index contributed by atoms with van der Waals surface area (Å²) >= 11 is 0. The Kier molecular flexibility index (Phi) is 7.02. The highest BCUT2D eigenvalue weighted by atomic mass is 16.3. The quantitative estimate of drug-likeness (QED) is 0.815. The molecule has 0 spiro atoms. The van der Waals surface area contributed by atoms with Crippen LogP contribution >= 0.6 is 0 Å². The van der Waals surface area contributed by atoms with Crippen LogP contribution in [-0.2, 0) is 11.3 Å². The van der Waals surface area contributed by atoms with E-state index in [0.717, 1.165) is 39.3 Å². The molecular formula is C18H29N3O2. The van der Waals surface area contributed by atoms with Gasteiger partial charge in [-0.05, 0) is 19.4 Å². The average Bonchev–Trinajstić information content (AvgIpc) is 2.60. The molecule has 5 nitrogen and oxygen atoms in total. The summed E-state index contributed by atoms with van der Waals surface area (Å²) in [7, 11) is 0. The molecule has 1 aromatic carbocycles. The Balaban J connectivity index is 1.90. The lowest BCUT2D eigenvalue weighted by Gasteiger charge is -2.38. The largest absolute Gasteiger partial charge is 0.395 e. The molecule has 1 aliphatic heterocycles. The summed E-state index contributed by atoms with van der Waals surface area (Å²) in [6.07, 6.45) is 0. The molecule has 0 bridgehead atoms. The van der Waals surface area contributed by atoms with E-state index in [0.29, 0.717) is 6.54 Å². The van der Waals surface area contributed by atoms with Crippen molar-refractivity contribution in [2.75, 3.05) is 45.9 Å². The summed E-state index contributed by atoms with van der Waals surface area (Å²) in [5.41, 5.74) is 1.17. The molecule has 23 heavy (non-hydrogen) atoms. The lowest BCUT2D eigenvalue weighted by atomic mass is 10.1. The molecular weight excluding hydrogens is 290 g/mol. The first-order chi connectivity index (χ1) is 11.2. The minimum atomic E-state index is -0.0880. The molecule has 2 rings (SSSR count). The Morgan fingerprint density at radius 2 is 1.87 bits per heavy atom. The smallest absolute Gasteiger partial charge is 0.239 e. The Morgan fingerprint density at radius 1 is 1.22 bits per heavy atom. The molecule has 0 aliphatic carbocycles. The first kappa shape index (κ1) is 17.9. The van der Waals surface area contributed by atoms with Crippen LogP contribution in [-0.4, -0.2) is 77.6 Å². The minimum absolute atomic E-state index is 0.0880. The predicted molar refractivity (Wildman–Crippen MR) is 92.1 cm³/mol. The standard InChI is InChI=1S/C18H29N3O2/c1-3-20(15-17-7-5-4-6-8-17)18(23)16(2)21-11-9-19(10-12-21)13-14-22/h4-8,16,22H,3,9-15H2,1-2H3. The maximum Gasteiger partial charge on any atom is 0.239 e. The Morgan fingerprint density at radius 3 is 2.43 bits per heavy atom. The van der Waals surface area contributed by atoms with Crippen LogP contribution in [0, 0.1) is 0 Å². The highest BCUT2D eigenvalue weighted by Gasteiger charge is 2.28. The number of aliphatic hydroxyl groups is 1. The Labute approximate surface area is 139 Å². The van der Waals surface area contributed by atoms with Gasteiger partial charge in [0.2, 0.25) is 5.91 Å². The molecule has 5 heteroatoms. The molecule has 1 heterocycles. The van der Waals surface area contributed by atoms with E-state index in [1.54, 1.807) is 0 Å². The number of carbonyl (C=O) groups excluding carboxylic acids is 1. The third-order valence-corrected chi connectivity index (χ3v) is 4.64. The number of amides is 1. The lowest BCUT2D eigenvalue weighted by Crippen LogP contribution is -2.54. The molecule has 1 amide bonds. The van der Waals surface area contributed by atoms with Gasteiger partial charge in [-0.25, -0.2) is 0 Å². The van der Waals surface area contributed by atoms with Gasteiger partial charge in [0, 0.05) is 45.8 Å². The van der Waals surface area contributed by atoms with Gasteiger partial charge in [-0.3, -0.25) is 14.6 Å². The van der Waals surface area contributed by atoms with Crippen LogP contribution in [0.25, 0.3) is 0 Å². The summed E-state index contributed by atoms with van der Waals surface area (Å²) in [5, 5.41) is 9.01. The fourth-order valence-corrected chi connectivity index (χ4v) is 3.09. The van der Waals surface area contributed by atoms with Gasteiger partial charge in [-0.2, -0.15) is 0 Å². The van der Waals surface area contributed by atoms with Gasteiger partial charge in [0.15, 0.2) is 0 Å². The number of hydrogen-bond donors (Lipinski definition) is 1. The second-order valence-corrected chi connectivity index (χ2v) is 6.12. The van der Waals surface area contributed by atoms with E-state index >= 15 is 0 Å². The number of rotatable bonds is 7. The molecule has 1 aliphatic rings. The van der Waals surface area contributed by atoms with Crippen molar-refractivity contribution in [1.29, 1.82) is 0 Å². The van der Waals surface area contributed by atoms with Crippen LogP contribution in [0.3, 0.4) is 0 Å². The zero-order chi connectivity index (χ0) is 16.7. The molecule has 0 saturated carbocycles. The van der Waals surface area contributed by atoms with Gasteiger partial charge in [0.1, 0.15) is 0 Å². The van der Waals surface area contributed by atoms with E-state index in [1.807, 2.05) is 36.9 Å². The summed E-state index contributed by atoms with van der Waals surface area (Å²) in [6.45, 7) is 9.98. The molecule has 1 fully saturated rings. The average molecular weight is 319 g/mol. The van der Waals surface area contributed by atoms with Crippen molar-refractivity contribution in [3.63, 3.8) is 0 Å². The number of β-amino-alcohol motifs (C(OH)–C–C–N with tert-alkyl or cyclic N) is 1. The van der Waals surface area contributed by atoms with Gasteiger partial charge < -0.3 is 10.0 Å². The number of hydrogen-bond acceptors (Lipinski definition) is 4. The maximum absolute atomic E-state index is 12.8. The van der Waals surface area contributed by atoms with Crippen LogP contribution in [0.15, 0.2) is 30.3 Å². The minimum Gasteiger partial charge on any atom is -0.395 e. The van der Waals surface area contributed by atoms with Gasteiger partial charge in [0.25, 0.3) is 0 Å². The maximum atomic E-state index is 12.8. The van der Waals surface area contributed by atoms with Crippen LogP contribution in [0.4, 0.5) is 0 Å². The van der Waals surface area contributed by atoms with E-state index in [2.05, 4.69) is 21.9 Å². The summed E-state index contributed by atoms with van der Waals surface area (Å²) in [4.78, 5) is 19.2. The van der Waals surface area contributed by atoms with Crippen LogP contribution in [0.2, 0.25) is 0 Å². The molecule has 1 N–H and O–H groups in total. The second kappa shape index (κ2) is 9.01. The van der Waals surface area contributed by atoms with E-state index in [-0.39, 0.29) is 18.6 Å². The van der Waals surface area contributed by atoms with Crippen molar-refractivity contribution in [1.82, 2.24) is 14.7 Å². The van der Waals surface area contributed by atoms with Crippen molar-refractivity contribution in [2.45, 2.75) is 26.4 Å². The van der Waals surface area contributed by atoms with E-state index in [1.165, 1.54) is 5.56 Å². The molecule has 0 aromatic heterocycles. The highest BCUT2D eigenvalue weighted by Crippen LogP contribution is 2.11. The monoisotopic (exact) mass is 319 g/mol. The van der Waals surface area contributed by atoms with Gasteiger partial charge in [-0.15, -0.1) is 0 Å². The predicted octanol–water partition coefficient (Wildman–Crippen LogP) is 1.03. The summed E-state index contributed by atoms with van der Waals surface area (Å²) in [6, 6.07) is 10.1. The normalized spacial score (nSPS) is 17.9. The van der Waals surface area contributed by atoms with Crippen LogP contribution in [0.5, 0.6) is 0 Å². The number of piperazine rings is 1. The first-order valence-corrected chi connectivity index (χ1v) is 8.55. The van der Waals surface area contributed by atoms with E-state index in [4.69, 9.17) is 5.11 Å². The van der Waals surface area contributed by atoms with E-state index < -0.39 is 0 Å². The van der Waals surface area contributed by atoms with Crippen molar-refractivity contribution in [3.8, 4) is 0 Å².